The molecular formula is C27H22Cl2F3N4O4+. The van der Waals surface area contributed by atoms with Gasteiger partial charge in [0.1, 0.15) is 18.8 Å². The van der Waals surface area contributed by atoms with Crippen molar-refractivity contribution in [3.8, 4) is 22.4 Å². The van der Waals surface area contributed by atoms with E-state index in [0.29, 0.717) is 39.6 Å². The van der Waals surface area contributed by atoms with Crippen LogP contribution < -0.4 is 14.9 Å². The number of carbonyl (C=O) groups is 1. The molecule has 0 saturated carbocycles. The maximum absolute atomic E-state index is 15.0. The smallest absolute Gasteiger partial charge is 0.411 e. The van der Waals surface area contributed by atoms with Gasteiger partial charge in [-0.3, -0.25) is 10.2 Å². The molecule has 208 valence electrons. The lowest BCUT2D eigenvalue weighted by molar-refractivity contribution is -0.893. The van der Waals surface area contributed by atoms with Gasteiger partial charge in [0.05, 0.1) is 34.6 Å². The van der Waals surface area contributed by atoms with Crippen molar-refractivity contribution in [3.05, 3.63) is 87.3 Å². The van der Waals surface area contributed by atoms with Crippen LogP contribution in [-0.4, -0.2) is 35.4 Å². The van der Waals surface area contributed by atoms with E-state index in [1.54, 1.807) is 12.1 Å². The molecule has 13 heteroatoms. The van der Waals surface area contributed by atoms with Crippen LogP contribution in [0.15, 0.2) is 48.8 Å². The first-order valence-corrected chi connectivity index (χ1v) is 12.7. The van der Waals surface area contributed by atoms with Crippen molar-refractivity contribution in [1.29, 1.82) is 0 Å². The van der Waals surface area contributed by atoms with Crippen molar-refractivity contribution >= 4 is 35.0 Å². The number of anilines is 1. The second-order valence-corrected chi connectivity index (χ2v) is 9.87. The molecular weight excluding hydrogens is 572 g/mol. The molecule has 2 heterocycles. The molecule has 1 aliphatic carbocycles. The first-order chi connectivity index (χ1) is 19.1. The fourth-order valence-corrected chi connectivity index (χ4v) is 5.34. The van der Waals surface area contributed by atoms with E-state index in [2.05, 4.69) is 20.0 Å². The van der Waals surface area contributed by atoms with E-state index in [0.717, 1.165) is 12.1 Å². The van der Waals surface area contributed by atoms with Crippen LogP contribution in [0.3, 0.4) is 0 Å². The minimum absolute atomic E-state index is 0.118. The van der Waals surface area contributed by atoms with Gasteiger partial charge in [0.2, 0.25) is 11.8 Å². The van der Waals surface area contributed by atoms with E-state index < -0.39 is 29.5 Å². The quantitative estimate of drug-likeness (QED) is 0.244. The number of alkyl halides is 2. The molecule has 1 unspecified atom stereocenters. The van der Waals surface area contributed by atoms with Gasteiger partial charge in [-0.15, -0.1) is 0 Å². The number of ether oxygens (including phenoxy) is 1. The van der Waals surface area contributed by atoms with Gasteiger partial charge in [-0.05, 0) is 43.2 Å². The summed E-state index contributed by atoms with van der Waals surface area (Å²) in [7, 11) is 2.58. The predicted octanol–water partition coefficient (Wildman–Crippen LogP) is 5.83. The lowest BCUT2D eigenvalue weighted by atomic mass is 9.96. The van der Waals surface area contributed by atoms with Crippen LogP contribution in [0.25, 0.3) is 22.4 Å². The first kappa shape index (κ1) is 27.8. The highest BCUT2D eigenvalue weighted by molar-refractivity contribution is 6.33. The molecule has 2 aromatic carbocycles. The number of H-pyrrole nitrogens is 1. The third-order valence-corrected chi connectivity index (χ3v) is 7.37. The third kappa shape index (κ3) is 4.74. The van der Waals surface area contributed by atoms with E-state index in [4.69, 9.17) is 28.0 Å². The summed E-state index contributed by atoms with van der Waals surface area (Å²) in [6, 6.07) is 8.54. The Kier molecular flexibility index (Phi) is 7.38. The number of benzene rings is 2. The van der Waals surface area contributed by atoms with E-state index >= 15 is 0 Å². The molecule has 0 radical (unpaired) electrons. The topological polar surface area (TPSA) is 100 Å². The van der Waals surface area contributed by atoms with Gasteiger partial charge in [0.15, 0.2) is 0 Å². The summed E-state index contributed by atoms with van der Waals surface area (Å²) in [6.45, 7) is 0. The van der Waals surface area contributed by atoms with E-state index in [9.17, 15) is 23.1 Å². The summed E-state index contributed by atoms with van der Waals surface area (Å²) < 4.78 is 48.3. The zero-order valence-electron chi connectivity index (χ0n) is 21.1. The molecule has 1 aliphatic rings. The zero-order chi connectivity index (χ0) is 28.8. The monoisotopic (exact) mass is 593 g/mol. The number of fused-ring (bicyclic) bond motifs is 1. The number of aryl methyl sites for hydroxylation is 1. The summed E-state index contributed by atoms with van der Waals surface area (Å²) in [5, 5.41) is 14.4. The molecule has 0 saturated heterocycles. The van der Waals surface area contributed by atoms with Crippen molar-refractivity contribution < 1.29 is 37.4 Å². The van der Waals surface area contributed by atoms with Gasteiger partial charge in [-0.25, -0.2) is 22.9 Å². The summed E-state index contributed by atoms with van der Waals surface area (Å²) in [5.74, 6) is -0.787. The summed E-state index contributed by atoms with van der Waals surface area (Å²) >= 11 is 12.4. The molecule has 0 fully saturated rings. The van der Waals surface area contributed by atoms with Crippen LogP contribution in [0.5, 0.6) is 0 Å². The maximum Gasteiger partial charge on any atom is 0.411 e. The number of rotatable bonds is 6. The number of imidazole rings is 1. The highest BCUT2D eigenvalue weighted by Crippen LogP contribution is 2.43. The third-order valence-electron chi connectivity index (χ3n) is 6.76. The van der Waals surface area contributed by atoms with Crippen molar-refractivity contribution in [2.24, 2.45) is 0 Å². The van der Waals surface area contributed by atoms with Gasteiger partial charge in [-0.1, -0.05) is 29.3 Å². The lowest BCUT2D eigenvalue weighted by Crippen LogP contribution is -2.50. The number of nitrogens with zero attached hydrogens (tertiary/aromatic N) is 2. The highest BCUT2D eigenvalue weighted by Gasteiger charge is 2.50. The lowest BCUT2D eigenvalue weighted by Gasteiger charge is -2.18. The van der Waals surface area contributed by atoms with E-state index in [1.807, 2.05) is 0 Å². The maximum atomic E-state index is 15.0. The average Bonchev–Trinajstić information content (AvgIpc) is 3.55. The van der Waals surface area contributed by atoms with Crippen LogP contribution >= 0.6 is 23.2 Å². The van der Waals surface area contributed by atoms with Crippen LogP contribution in [-0.2, 0) is 16.8 Å². The Bertz CT molecular complexity index is 1630. The normalized spacial score (nSPS) is 16.2. The van der Waals surface area contributed by atoms with Crippen molar-refractivity contribution in [1.82, 2.24) is 9.97 Å². The molecule has 0 bridgehead atoms. The number of methoxy groups -OCH3 is 1. The zero-order valence-corrected chi connectivity index (χ0v) is 22.6. The number of carbonyl (C=O) groups excluding carboxylic acids is 1. The minimum Gasteiger partial charge on any atom is -0.453 e. The van der Waals surface area contributed by atoms with Gasteiger partial charge < -0.3 is 14.8 Å². The van der Waals surface area contributed by atoms with Crippen LogP contribution in [0.2, 0.25) is 10.0 Å². The largest absolute Gasteiger partial charge is 0.453 e. The number of aliphatic hydroxyl groups is 1. The fraction of sp³-hybridized carbons (Fsp3) is 0.222. The number of hydrogen-bond donors (Lipinski definition) is 3. The molecule has 5 rings (SSSR count). The Morgan fingerprint density at radius 3 is 2.65 bits per heavy atom. The van der Waals surface area contributed by atoms with Gasteiger partial charge >= 0.3 is 6.09 Å². The molecule has 0 spiro atoms. The van der Waals surface area contributed by atoms with Gasteiger partial charge in [0.25, 0.3) is 12.1 Å². The van der Waals surface area contributed by atoms with Crippen molar-refractivity contribution in [3.63, 3.8) is 0 Å². The molecule has 3 N–H and O–H groups in total. The summed E-state index contributed by atoms with van der Waals surface area (Å²) in [4.78, 5) is 24.4. The number of aromatic amines is 1. The number of halogens is 5. The Morgan fingerprint density at radius 2 is 1.98 bits per heavy atom. The fourth-order valence-electron chi connectivity index (χ4n) is 4.90. The SMILES string of the molecule is COC(=O)Nc1ccc(-c2cnc(C3(O)CCc4cc(-c5c(C(F)F)ccc(Cl)c5F)c[n+](OC)c43)[nH]2)c(Cl)c1. The molecule has 1 atom stereocenters. The number of amides is 1. The molecule has 8 nitrogen and oxygen atoms in total. The second kappa shape index (κ2) is 10.6. The molecule has 0 aliphatic heterocycles. The van der Waals surface area contributed by atoms with Gasteiger partial charge in [0, 0.05) is 32.7 Å². The second-order valence-electron chi connectivity index (χ2n) is 9.05. The Morgan fingerprint density at radius 1 is 1.20 bits per heavy atom. The first-order valence-electron chi connectivity index (χ1n) is 11.9. The van der Waals surface area contributed by atoms with E-state index in [1.165, 1.54) is 43.5 Å². The minimum atomic E-state index is -2.94. The highest BCUT2D eigenvalue weighted by atomic mass is 35.5. The molecule has 40 heavy (non-hydrogen) atoms. The van der Waals surface area contributed by atoms with Gasteiger partial charge in [-0.2, -0.15) is 0 Å². The van der Waals surface area contributed by atoms with Crippen LogP contribution in [0.4, 0.5) is 23.7 Å². The summed E-state index contributed by atoms with van der Waals surface area (Å²) in [5.41, 5.74) is -0.0538. The van der Waals surface area contributed by atoms with Crippen molar-refractivity contribution in [2.45, 2.75) is 24.9 Å². The number of aromatic nitrogens is 3. The predicted molar refractivity (Wildman–Crippen MR) is 141 cm³/mol. The standard InChI is InChI=1S/C27H21Cl2F3N4O4/c1-39-26(37)34-15-3-4-16(19(29)10-15)20-11-33-25(35-20)27(38)8-7-13-9-14(12-36(40-2)23(13)27)21-17(24(31)32)5-6-18(28)22(21)30/h3-6,9-12,24,38H,7-8H2,1-2H3,(H-,33,34,35,37)/p+1. The average molecular weight is 594 g/mol. The van der Waals surface area contributed by atoms with Crippen LogP contribution in [0.1, 0.15) is 35.5 Å². The molecule has 2 aromatic heterocycles. The Balaban J connectivity index is 1.54. The number of pyridine rings is 1. The number of nitrogens with one attached hydrogen (secondary N) is 2. The van der Waals surface area contributed by atoms with Crippen LogP contribution in [0, 0.1) is 5.82 Å². The Hall–Kier alpha value is -3.80. The van der Waals surface area contributed by atoms with Crippen molar-refractivity contribution in [2.75, 3.05) is 19.5 Å². The van der Waals surface area contributed by atoms with E-state index in [-0.39, 0.29) is 28.4 Å². The molecule has 1 amide bonds. The molecule has 4 aromatic rings. The number of hydrogen-bond acceptors (Lipinski definition) is 5. The summed E-state index contributed by atoms with van der Waals surface area (Å²) in [6.07, 6.45) is -0.266. The Labute approximate surface area is 236 Å².